The number of ketones is 1. The molecule has 0 aliphatic rings. The summed E-state index contributed by atoms with van der Waals surface area (Å²) in [5, 5.41) is 7.55. The van der Waals surface area contributed by atoms with Gasteiger partial charge >= 0.3 is 5.97 Å². The normalized spacial score (nSPS) is 13.9. The smallest absolute Gasteiger partial charge is 0.317 e. The van der Waals surface area contributed by atoms with Crippen LogP contribution in [0.4, 0.5) is 0 Å². The summed E-state index contributed by atoms with van der Waals surface area (Å²) in [5.41, 5.74) is 1.75. The molecule has 0 bridgehead atoms. The highest BCUT2D eigenvalue weighted by molar-refractivity contribution is 9.09. The van der Waals surface area contributed by atoms with E-state index in [4.69, 9.17) is 4.74 Å². The van der Waals surface area contributed by atoms with Crippen molar-refractivity contribution >= 4 is 38.7 Å². The lowest BCUT2D eigenvalue weighted by Gasteiger charge is -2.18. The molecule has 7 heteroatoms. The summed E-state index contributed by atoms with van der Waals surface area (Å²) in [6, 6.07) is 5.27. The molecule has 0 aliphatic carbocycles. The van der Waals surface area contributed by atoms with Crippen LogP contribution in [-0.4, -0.2) is 28.7 Å². The molecule has 2 atom stereocenters. The van der Waals surface area contributed by atoms with Crippen molar-refractivity contribution in [3.63, 3.8) is 0 Å². The molecule has 0 radical (unpaired) electrons. The number of alkyl halides is 1. The first-order valence-corrected chi connectivity index (χ1v) is 7.00. The van der Waals surface area contributed by atoms with Gasteiger partial charge in [0.2, 0.25) is 0 Å². The van der Waals surface area contributed by atoms with E-state index >= 15 is 0 Å². The van der Waals surface area contributed by atoms with Gasteiger partial charge in [-0.15, -0.1) is 0 Å². The van der Waals surface area contributed by atoms with Crippen molar-refractivity contribution < 1.29 is 19.0 Å². The van der Waals surface area contributed by atoms with Crippen LogP contribution in [0, 0.1) is 5.92 Å². The minimum absolute atomic E-state index is 0.220. The van der Waals surface area contributed by atoms with Crippen LogP contribution in [0.2, 0.25) is 0 Å². The molecule has 20 heavy (non-hydrogen) atoms. The van der Waals surface area contributed by atoms with E-state index in [0.717, 1.165) is 0 Å². The Labute approximate surface area is 123 Å². The number of hydrogen-bond acceptors (Lipinski definition) is 6. The van der Waals surface area contributed by atoms with Crippen molar-refractivity contribution in [3.8, 4) is 0 Å². The van der Waals surface area contributed by atoms with Gasteiger partial charge in [-0.1, -0.05) is 28.1 Å². The van der Waals surface area contributed by atoms with Crippen LogP contribution in [0.3, 0.4) is 0 Å². The highest BCUT2D eigenvalue weighted by Gasteiger charge is 2.34. The number of hydrogen-bond donors (Lipinski definition) is 0. The van der Waals surface area contributed by atoms with E-state index < -0.39 is 16.7 Å². The molecule has 0 saturated heterocycles. The molecule has 0 fully saturated rings. The average molecular weight is 341 g/mol. The van der Waals surface area contributed by atoms with Gasteiger partial charge < -0.3 is 4.74 Å². The molecule has 0 saturated carbocycles. The summed E-state index contributed by atoms with van der Waals surface area (Å²) in [6.45, 7) is 3.27. The molecular weight excluding hydrogens is 328 g/mol. The molecule has 106 valence electrons. The monoisotopic (exact) mass is 340 g/mol. The van der Waals surface area contributed by atoms with Gasteiger partial charge in [0.1, 0.15) is 22.7 Å². The molecule has 2 aromatic rings. The Balaban J connectivity index is 2.41. The number of esters is 1. The average Bonchev–Trinajstić information content (AvgIpc) is 2.86. The number of fused-ring (bicyclic) bond motifs is 1. The van der Waals surface area contributed by atoms with Gasteiger partial charge in [0, 0.05) is 0 Å². The zero-order valence-corrected chi connectivity index (χ0v) is 12.6. The van der Waals surface area contributed by atoms with E-state index in [1.807, 2.05) is 0 Å². The van der Waals surface area contributed by atoms with Gasteiger partial charge in [0.25, 0.3) is 0 Å². The van der Waals surface area contributed by atoms with E-state index in [1.54, 1.807) is 25.1 Å². The van der Waals surface area contributed by atoms with Crippen LogP contribution in [0.15, 0.2) is 22.8 Å². The standard InChI is InChI=1S/C13H13BrN2O4/c1-3-19-13(18)10(7(2)17)11(14)8-5-4-6-9-12(8)16-20-15-9/h4-6,10-11H,3H2,1-2H3. The number of carbonyl (C=O) groups excluding carboxylic acids is 2. The van der Waals surface area contributed by atoms with Crippen molar-refractivity contribution in [2.75, 3.05) is 6.61 Å². The number of benzene rings is 1. The summed E-state index contributed by atoms with van der Waals surface area (Å²) in [7, 11) is 0. The molecule has 1 heterocycles. The maximum Gasteiger partial charge on any atom is 0.317 e. The van der Waals surface area contributed by atoms with Crippen molar-refractivity contribution in [1.29, 1.82) is 0 Å². The molecule has 6 nitrogen and oxygen atoms in total. The molecule has 0 spiro atoms. The van der Waals surface area contributed by atoms with Gasteiger partial charge in [-0.2, -0.15) is 0 Å². The summed E-state index contributed by atoms with van der Waals surface area (Å²) in [6.07, 6.45) is 0. The number of rotatable bonds is 5. The minimum Gasteiger partial charge on any atom is -0.465 e. The summed E-state index contributed by atoms with van der Waals surface area (Å²) < 4.78 is 9.63. The fourth-order valence-corrected chi connectivity index (χ4v) is 2.91. The van der Waals surface area contributed by atoms with E-state index in [0.29, 0.717) is 16.6 Å². The molecule has 1 aromatic carbocycles. The number of aromatic nitrogens is 2. The van der Waals surface area contributed by atoms with Crippen molar-refractivity contribution in [1.82, 2.24) is 10.3 Å². The van der Waals surface area contributed by atoms with Crippen LogP contribution in [0.5, 0.6) is 0 Å². The third-order valence-electron chi connectivity index (χ3n) is 2.89. The highest BCUT2D eigenvalue weighted by Crippen LogP contribution is 2.35. The van der Waals surface area contributed by atoms with Gasteiger partial charge in [-0.05, 0) is 35.8 Å². The zero-order valence-electron chi connectivity index (χ0n) is 11.0. The topological polar surface area (TPSA) is 82.3 Å². The predicted molar refractivity (Wildman–Crippen MR) is 74.3 cm³/mol. The third-order valence-corrected chi connectivity index (χ3v) is 3.91. The van der Waals surface area contributed by atoms with Crippen molar-refractivity contribution in [2.24, 2.45) is 5.92 Å². The maximum absolute atomic E-state index is 11.9. The van der Waals surface area contributed by atoms with Crippen LogP contribution < -0.4 is 0 Å². The Morgan fingerprint density at radius 3 is 2.80 bits per heavy atom. The van der Waals surface area contributed by atoms with Gasteiger partial charge in [0.15, 0.2) is 0 Å². The van der Waals surface area contributed by atoms with Crippen LogP contribution in [0.25, 0.3) is 11.0 Å². The minimum atomic E-state index is -0.933. The molecule has 1 aromatic heterocycles. The van der Waals surface area contributed by atoms with E-state index in [2.05, 4.69) is 30.9 Å². The summed E-state index contributed by atoms with van der Waals surface area (Å²) in [4.78, 5) is 23.2. The lowest BCUT2D eigenvalue weighted by Crippen LogP contribution is -2.28. The SMILES string of the molecule is CCOC(=O)C(C(C)=O)C(Br)c1cccc2nonc12. The van der Waals surface area contributed by atoms with Crippen LogP contribution in [-0.2, 0) is 14.3 Å². The summed E-state index contributed by atoms with van der Waals surface area (Å²) >= 11 is 3.40. The lowest BCUT2D eigenvalue weighted by atomic mass is 9.95. The quantitative estimate of drug-likeness (QED) is 0.472. The predicted octanol–water partition coefficient (Wildman–Crippen LogP) is 2.43. The number of Topliss-reactive ketones (excluding diaryl/α,β-unsaturated/α-hetero) is 1. The number of halogens is 1. The van der Waals surface area contributed by atoms with E-state index in [9.17, 15) is 9.59 Å². The maximum atomic E-state index is 11.9. The Bertz CT molecular complexity index is 640. The zero-order chi connectivity index (χ0) is 14.7. The highest BCUT2D eigenvalue weighted by atomic mass is 79.9. The Hall–Kier alpha value is -1.76. The van der Waals surface area contributed by atoms with Gasteiger partial charge in [-0.3, -0.25) is 9.59 Å². The Morgan fingerprint density at radius 1 is 1.40 bits per heavy atom. The first-order chi connectivity index (χ1) is 9.56. The first kappa shape index (κ1) is 14.6. The Morgan fingerprint density at radius 2 is 2.15 bits per heavy atom. The molecule has 2 rings (SSSR count). The molecular formula is C13H13BrN2O4. The van der Waals surface area contributed by atoms with Gasteiger partial charge in [0.05, 0.1) is 11.4 Å². The second-order valence-electron chi connectivity index (χ2n) is 4.22. The number of carbonyl (C=O) groups is 2. The fraction of sp³-hybridized carbons (Fsp3) is 0.385. The van der Waals surface area contributed by atoms with Gasteiger partial charge in [-0.25, -0.2) is 4.63 Å². The lowest BCUT2D eigenvalue weighted by molar-refractivity contribution is -0.151. The molecule has 0 amide bonds. The van der Waals surface area contributed by atoms with Crippen LogP contribution in [0.1, 0.15) is 24.2 Å². The number of nitrogens with zero attached hydrogens (tertiary/aromatic N) is 2. The summed E-state index contributed by atoms with van der Waals surface area (Å²) in [5.74, 6) is -1.77. The molecule has 0 aliphatic heterocycles. The van der Waals surface area contributed by atoms with Crippen LogP contribution >= 0.6 is 15.9 Å². The first-order valence-electron chi connectivity index (χ1n) is 6.08. The van der Waals surface area contributed by atoms with Crippen molar-refractivity contribution in [3.05, 3.63) is 23.8 Å². The molecule has 0 N–H and O–H groups in total. The van der Waals surface area contributed by atoms with E-state index in [1.165, 1.54) is 6.92 Å². The Kier molecular flexibility index (Phi) is 4.49. The third kappa shape index (κ3) is 2.72. The number of ether oxygens (including phenoxy) is 1. The molecule has 2 unspecified atom stereocenters. The second kappa shape index (κ2) is 6.13. The largest absolute Gasteiger partial charge is 0.465 e. The van der Waals surface area contributed by atoms with Crippen molar-refractivity contribution in [2.45, 2.75) is 18.7 Å². The fourth-order valence-electron chi connectivity index (χ4n) is 1.95. The van der Waals surface area contributed by atoms with E-state index in [-0.39, 0.29) is 12.4 Å². The second-order valence-corrected chi connectivity index (χ2v) is 5.21.